The van der Waals surface area contributed by atoms with Gasteiger partial charge in [-0.15, -0.1) is 0 Å². The second-order valence-corrected chi connectivity index (χ2v) is 9.14. The van der Waals surface area contributed by atoms with Crippen LogP contribution < -0.4 is 9.47 Å². The zero-order chi connectivity index (χ0) is 22.0. The van der Waals surface area contributed by atoms with Crippen LogP contribution in [0.4, 0.5) is 0 Å². The number of hydrogen-bond acceptors (Lipinski definition) is 5. The Morgan fingerprint density at radius 1 is 0.903 bits per heavy atom. The lowest BCUT2D eigenvalue weighted by molar-refractivity contribution is 0.355. The Hall–Kier alpha value is -3.32. The summed E-state index contributed by atoms with van der Waals surface area (Å²) in [6.07, 6.45) is 0.449. The number of ether oxygens (including phenoxy) is 2. The Labute approximate surface area is 182 Å². The number of benzene rings is 3. The molecule has 0 bridgehead atoms. The first-order valence-electron chi connectivity index (χ1n) is 9.90. The largest absolute Gasteiger partial charge is 0.493 e. The second-order valence-electron chi connectivity index (χ2n) is 7.34. The monoisotopic (exact) mass is 436 g/mol. The topological polar surface area (TPSA) is 68.2 Å². The van der Waals surface area contributed by atoms with Crippen molar-refractivity contribution in [2.24, 2.45) is 5.10 Å². The SMILES string of the molecule is COc1ccc(C2=NN(S(=O)(=O)c3ccccc3)[C@H](c3cccc(C)c3)C2)cc1OC. The lowest BCUT2D eigenvalue weighted by Gasteiger charge is -2.23. The van der Waals surface area contributed by atoms with Gasteiger partial charge in [0, 0.05) is 12.0 Å². The summed E-state index contributed by atoms with van der Waals surface area (Å²) in [5, 5.41) is 4.59. The maximum absolute atomic E-state index is 13.5. The normalized spacial score (nSPS) is 16.2. The summed E-state index contributed by atoms with van der Waals surface area (Å²) in [6.45, 7) is 1.99. The van der Waals surface area contributed by atoms with Crippen LogP contribution >= 0.6 is 0 Å². The van der Waals surface area contributed by atoms with Crippen LogP contribution in [0.3, 0.4) is 0 Å². The van der Waals surface area contributed by atoms with Crippen molar-refractivity contribution in [2.75, 3.05) is 14.2 Å². The molecule has 0 saturated heterocycles. The molecular formula is C24H24N2O4S. The molecule has 0 aliphatic carbocycles. The molecule has 0 radical (unpaired) electrons. The fourth-order valence-electron chi connectivity index (χ4n) is 3.73. The van der Waals surface area contributed by atoms with E-state index in [2.05, 4.69) is 5.10 Å². The van der Waals surface area contributed by atoms with Gasteiger partial charge in [0.05, 0.1) is 30.9 Å². The molecular weight excluding hydrogens is 412 g/mol. The van der Waals surface area contributed by atoms with E-state index >= 15 is 0 Å². The molecule has 0 N–H and O–H groups in total. The highest BCUT2D eigenvalue weighted by molar-refractivity contribution is 7.89. The van der Waals surface area contributed by atoms with Crippen LogP contribution in [0.1, 0.15) is 29.2 Å². The van der Waals surface area contributed by atoms with Crippen LogP contribution in [-0.4, -0.2) is 32.8 Å². The molecule has 160 valence electrons. The fraction of sp³-hybridized carbons (Fsp3) is 0.208. The van der Waals surface area contributed by atoms with E-state index in [-0.39, 0.29) is 4.90 Å². The molecule has 3 aromatic carbocycles. The molecule has 0 amide bonds. The van der Waals surface area contributed by atoms with Crippen LogP contribution in [0.5, 0.6) is 11.5 Å². The number of rotatable bonds is 6. The van der Waals surface area contributed by atoms with Gasteiger partial charge in [-0.05, 0) is 42.8 Å². The highest BCUT2D eigenvalue weighted by atomic mass is 32.2. The number of sulfonamides is 1. The van der Waals surface area contributed by atoms with Gasteiger partial charge < -0.3 is 9.47 Å². The van der Waals surface area contributed by atoms with E-state index in [1.807, 2.05) is 43.3 Å². The molecule has 3 aromatic rings. The van der Waals surface area contributed by atoms with Crippen molar-refractivity contribution < 1.29 is 17.9 Å². The van der Waals surface area contributed by atoms with E-state index in [0.29, 0.717) is 23.6 Å². The number of hydrogen-bond donors (Lipinski definition) is 0. The van der Waals surface area contributed by atoms with Crippen LogP contribution in [0.25, 0.3) is 0 Å². The Bertz CT molecular complexity index is 1220. The van der Waals surface area contributed by atoms with Crippen molar-refractivity contribution >= 4 is 15.7 Å². The third-order valence-corrected chi connectivity index (χ3v) is 7.00. The molecule has 0 fully saturated rings. The zero-order valence-electron chi connectivity index (χ0n) is 17.6. The first kappa shape index (κ1) is 20.9. The second kappa shape index (κ2) is 8.43. The fourth-order valence-corrected chi connectivity index (χ4v) is 5.18. The van der Waals surface area contributed by atoms with Gasteiger partial charge >= 0.3 is 0 Å². The summed E-state index contributed by atoms with van der Waals surface area (Å²) in [4.78, 5) is 0.213. The van der Waals surface area contributed by atoms with Gasteiger partial charge in [0.1, 0.15) is 0 Å². The molecule has 4 rings (SSSR count). The summed E-state index contributed by atoms with van der Waals surface area (Å²) in [5.74, 6) is 1.17. The van der Waals surface area contributed by atoms with Gasteiger partial charge in [-0.2, -0.15) is 17.9 Å². The molecule has 1 atom stereocenters. The van der Waals surface area contributed by atoms with Crippen molar-refractivity contribution in [3.8, 4) is 11.5 Å². The molecule has 0 aromatic heterocycles. The molecule has 31 heavy (non-hydrogen) atoms. The van der Waals surface area contributed by atoms with Gasteiger partial charge in [-0.25, -0.2) is 0 Å². The predicted molar refractivity (Wildman–Crippen MR) is 120 cm³/mol. The van der Waals surface area contributed by atoms with Crippen molar-refractivity contribution in [2.45, 2.75) is 24.3 Å². The lowest BCUT2D eigenvalue weighted by Crippen LogP contribution is -2.27. The van der Waals surface area contributed by atoms with Crippen molar-refractivity contribution in [3.05, 3.63) is 89.5 Å². The number of nitrogens with zero attached hydrogens (tertiary/aromatic N) is 2. The Balaban J connectivity index is 1.81. The van der Waals surface area contributed by atoms with Crippen molar-refractivity contribution in [1.82, 2.24) is 4.41 Å². The first-order valence-corrected chi connectivity index (χ1v) is 11.3. The number of hydrazone groups is 1. The summed E-state index contributed by atoms with van der Waals surface area (Å²) < 4.78 is 38.9. The van der Waals surface area contributed by atoms with E-state index in [4.69, 9.17) is 9.47 Å². The van der Waals surface area contributed by atoms with E-state index in [1.54, 1.807) is 50.6 Å². The highest BCUT2D eigenvalue weighted by Crippen LogP contribution is 2.38. The molecule has 1 aliphatic heterocycles. The minimum absolute atomic E-state index is 0.213. The summed E-state index contributed by atoms with van der Waals surface area (Å²) in [6, 6.07) is 21.3. The van der Waals surface area contributed by atoms with Crippen molar-refractivity contribution in [1.29, 1.82) is 0 Å². The average Bonchev–Trinajstić information content (AvgIpc) is 3.26. The maximum Gasteiger partial charge on any atom is 0.279 e. The lowest BCUT2D eigenvalue weighted by atomic mass is 9.98. The third kappa shape index (κ3) is 4.01. The Kier molecular flexibility index (Phi) is 5.69. The Morgan fingerprint density at radius 3 is 2.32 bits per heavy atom. The van der Waals surface area contributed by atoms with Gasteiger partial charge in [0.25, 0.3) is 10.0 Å². The zero-order valence-corrected chi connectivity index (χ0v) is 18.5. The molecule has 0 spiro atoms. The quantitative estimate of drug-likeness (QED) is 0.568. The number of aryl methyl sites for hydroxylation is 1. The van der Waals surface area contributed by atoms with E-state index in [9.17, 15) is 8.42 Å². The van der Waals surface area contributed by atoms with Gasteiger partial charge in [0.15, 0.2) is 11.5 Å². The Morgan fingerprint density at radius 2 is 1.65 bits per heavy atom. The van der Waals surface area contributed by atoms with Crippen LogP contribution in [0.2, 0.25) is 0 Å². The summed E-state index contributed by atoms with van der Waals surface area (Å²) in [5.41, 5.74) is 3.43. The molecule has 1 heterocycles. The first-order chi connectivity index (χ1) is 14.9. The molecule has 6 nitrogen and oxygen atoms in total. The average molecular weight is 437 g/mol. The third-order valence-electron chi connectivity index (χ3n) is 5.30. The minimum atomic E-state index is -3.83. The van der Waals surface area contributed by atoms with E-state index in [0.717, 1.165) is 16.7 Å². The molecule has 0 unspecified atom stereocenters. The standard InChI is InChI=1S/C24H24N2O4S/c1-17-8-7-9-19(14-17)22-16-21(18-12-13-23(29-2)24(15-18)30-3)25-26(22)31(27,28)20-10-5-4-6-11-20/h4-15,22H,16H2,1-3H3/t22-/m0/s1. The smallest absolute Gasteiger partial charge is 0.279 e. The summed E-state index contributed by atoms with van der Waals surface area (Å²) in [7, 11) is -0.683. The van der Waals surface area contributed by atoms with Crippen molar-refractivity contribution in [3.63, 3.8) is 0 Å². The van der Waals surface area contributed by atoms with E-state index in [1.165, 1.54) is 4.41 Å². The summed E-state index contributed by atoms with van der Waals surface area (Å²) >= 11 is 0. The van der Waals surface area contributed by atoms with Gasteiger partial charge in [-0.3, -0.25) is 0 Å². The number of methoxy groups -OCH3 is 2. The van der Waals surface area contributed by atoms with Gasteiger partial charge in [-0.1, -0.05) is 48.0 Å². The predicted octanol–water partition coefficient (Wildman–Crippen LogP) is 4.55. The molecule has 1 aliphatic rings. The van der Waals surface area contributed by atoms with Crippen LogP contribution in [0.15, 0.2) is 82.8 Å². The van der Waals surface area contributed by atoms with Crippen LogP contribution in [0, 0.1) is 6.92 Å². The van der Waals surface area contributed by atoms with Crippen LogP contribution in [-0.2, 0) is 10.0 Å². The highest BCUT2D eigenvalue weighted by Gasteiger charge is 2.37. The van der Waals surface area contributed by atoms with E-state index < -0.39 is 16.1 Å². The molecule has 7 heteroatoms. The van der Waals surface area contributed by atoms with Gasteiger partial charge in [0.2, 0.25) is 0 Å². The minimum Gasteiger partial charge on any atom is -0.493 e. The maximum atomic E-state index is 13.5. The molecule has 0 saturated carbocycles.